The van der Waals surface area contributed by atoms with Crippen molar-refractivity contribution < 1.29 is 9.72 Å². The van der Waals surface area contributed by atoms with Gasteiger partial charge in [0.25, 0.3) is 11.6 Å². The molecule has 3 rings (SSSR count). The van der Waals surface area contributed by atoms with Crippen LogP contribution in [0.2, 0.25) is 0 Å². The fourth-order valence-electron chi connectivity index (χ4n) is 2.60. The zero-order valence-electron chi connectivity index (χ0n) is 15.2. The molecule has 0 aromatic heterocycles. The molecule has 0 radical (unpaired) electrons. The zero-order chi connectivity index (χ0) is 19.6. The SMILES string of the molecule is Cc1cc([N+](=O)[O-])ccc1N=C1NC(=O)/C(=C\c2ccc(C(C)C)cc2)S1. The molecule has 1 aliphatic rings. The van der Waals surface area contributed by atoms with E-state index >= 15 is 0 Å². The van der Waals surface area contributed by atoms with E-state index in [2.05, 4.69) is 36.3 Å². The first-order chi connectivity index (χ1) is 12.8. The van der Waals surface area contributed by atoms with Crippen molar-refractivity contribution in [3.63, 3.8) is 0 Å². The summed E-state index contributed by atoms with van der Waals surface area (Å²) in [5, 5.41) is 14.0. The number of thioether (sulfide) groups is 1. The second kappa shape index (κ2) is 7.75. The Bertz CT molecular complexity index is 963. The Labute approximate surface area is 161 Å². The second-order valence-corrected chi connectivity index (χ2v) is 7.56. The molecule has 0 saturated carbocycles. The highest BCUT2D eigenvalue weighted by Gasteiger charge is 2.24. The Morgan fingerprint density at radius 2 is 1.89 bits per heavy atom. The minimum absolute atomic E-state index is 0.0185. The molecule has 0 bridgehead atoms. The van der Waals surface area contributed by atoms with Gasteiger partial charge in [-0.25, -0.2) is 4.99 Å². The highest BCUT2D eigenvalue weighted by molar-refractivity contribution is 8.18. The van der Waals surface area contributed by atoms with Gasteiger partial charge in [-0.1, -0.05) is 38.1 Å². The molecule has 2 aromatic carbocycles. The van der Waals surface area contributed by atoms with Crippen LogP contribution < -0.4 is 5.32 Å². The van der Waals surface area contributed by atoms with Crippen molar-refractivity contribution in [3.8, 4) is 0 Å². The topological polar surface area (TPSA) is 84.6 Å². The number of amides is 1. The number of hydrogen-bond donors (Lipinski definition) is 1. The van der Waals surface area contributed by atoms with Gasteiger partial charge in [-0.15, -0.1) is 0 Å². The van der Waals surface area contributed by atoms with Gasteiger partial charge in [0.15, 0.2) is 5.17 Å². The maximum absolute atomic E-state index is 12.2. The molecule has 1 saturated heterocycles. The number of nitrogens with one attached hydrogen (secondary N) is 1. The van der Waals surface area contributed by atoms with Crippen molar-refractivity contribution in [1.82, 2.24) is 5.32 Å². The van der Waals surface area contributed by atoms with Crippen molar-refractivity contribution in [3.05, 3.63) is 74.2 Å². The molecule has 0 unspecified atom stereocenters. The molecular weight excluding hydrogens is 362 g/mol. The molecule has 2 aromatic rings. The summed E-state index contributed by atoms with van der Waals surface area (Å²) in [6.45, 7) is 6.02. The largest absolute Gasteiger partial charge is 0.300 e. The normalized spacial score (nSPS) is 17.0. The summed E-state index contributed by atoms with van der Waals surface area (Å²) < 4.78 is 0. The maximum atomic E-state index is 12.2. The number of aryl methyl sites for hydroxylation is 1. The Hall–Kier alpha value is -2.93. The number of nitrogens with zero attached hydrogens (tertiary/aromatic N) is 2. The number of non-ortho nitro benzene ring substituents is 1. The number of nitro benzene ring substituents is 1. The van der Waals surface area contributed by atoms with Crippen LogP contribution in [0.3, 0.4) is 0 Å². The molecule has 7 heteroatoms. The third kappa shape index (κ3) is 4.43. The highest BCUT2D eigenvalue weighted by atomic mass is 32.2. The molecular formula is C20H19N3O3S. The molecule has 1 fully saturated rings. The van der Waals surface area contributed by atoms with E-state index in [9.17, 15) is 14.9 Å². The van der Waals surface area contributed by atoms with E-state index in [0.29, 0.717) is 27.2 Å². The summed E-state index contributed by atoms with van der Waals surface area (Å²) in [6, 6.07) is 12.6. The number of nitro groups is 1. The van der Waals surface area contributed by atoms with Crippen molar-refractivity contribution in [2.75, 3.05) is 0 Å². The third-order valence-corrected chi connectivity index (χ3v) is 5.07. The average molecular weight is 381 g/mol. The van der Waals surface area contributed by atoms with Crippen molar-refractivity contribution in [1.29, 1.82) is 0 Å². The van der Waals surface area contributed by atoms with E-state index in [1.165, 1.54) is 29.5 Å². The Kier molecular flexibility index (Phi) is 5.41. The number of rotatable bonds is 4. The van der Waals surface area contributed by atoms with Crippen LogP contribution in [0, 0.1) is 17.0 Å². The van der Waals surface area contributed by atoms with E-state index in [-0.39, 0.29) is 11.6 Å². The maximum Gasteiger partial charge on any atom is 0.269 e. The third-order valence-electron chi connectivity index (χ3n) is 4.16. The molecule has 27 heavy (non-hydrogen) atoms. The quantitative estimate of drug-likeness (QED) is 0.463. The summed E-state index contributed by atoms with van der Waals surface area (Å²) in [6.07, 6.45) is 1.83. The van der Waals surface area contributed by atoms with Crippen LogP contribution in [-0.2, 0) is 4.79 Å². The zero-order valence-corrected chi connectivity index (χ0v) is 16.0. The van der Waals surface area contributed by atoms with Gasteiger partial charge in [0.05, 0.1) is 15.5 Å². The lowest BCUT2D eigenvalue weighted by Gasteiger charge is -2.04. The van der Waals surface area contributed by atoms with Crippen molar-refractivity contribution in [2.24, 2.45) is 4.99 Å². The van der Waals surface area contributed by atoms with Crippen molar-refractivity contribution >= 4 is 40.3 Å². The van der Waals surface area contributed by atoms with Crippen LogP contribution in [0.1, 0.15) is 36.5 Å². The fraction of sp³-hybridized carbons (Fsp3) is 0.200. The van der Waals surface area contributed by atoms with E-state index in [1.54, 1.807) is 13.0 Å². The summed E-state index contributed by atoms with van der Waals surface area (Å²) in [7, 11) is 0. The van der Waals surface area contributed by atoms with Gasteiger partial charge in [0.1, 0.15) is 0 Å². The number of carbonyl (C=O) groups is 1. The van der Waals surface area contributed by atoms with Gasteiger partial charge in [-0.2, -0.15) is 0 Å². The average Bonchev–Trinajstić information content (AvgIpc) is 2.96. The highest BCUT2D eigenvalue weighted by Crippen LogP contribution is 2.30. The molecule has 0 spiro atoms. The molecule has 1 N–H and O–H groups in total. The number of carbonyl (C=O) groups excluding carboxylic acids is 1. The number of benzene rings is 2. The van der Waals surface area contributed by atoms with Gasteiger partial charge < -0.3 is 5.32 Å². The van der Waals surface area contributed by atoms with Crippen LogP contribution in [0.15, 0.2) is 52.4 Å². The van der Waals surface area contributed by atoms with Gasteiger partial charge >= 0.3 is 0 Å². The van der Waals surface area contributed by atoms with Crippen LogP contribution in [0.4, 0.5) is 11.4 Å². The van der Waals surface area contributed by atoms with E-state index in [4.69, 9.17) is 0 Å². The Balaban J connectivity index is 1.80. The summed E-state index contributed by atoms with van der Waals surface area (Å²) in [5.41, 5.74) is 3.48. The minimum Gasteiger partial charge on any atom is -0.300 e. The first-order valence-electron chi connectivity index (χ1n) is 8.48. The molecule has 0 aliphatic carbocycles. The van der Waals surface area contributed by atoms with Crippen LogP contribution in [0.5, 0.6) is 0 Å². The smallest absolute Gasteiger partial charge is 0.269 e. The lowest BCUT2D eigenvalue weighted by molar-refractivity contribution is -0.384. The number of hydrogen-bond acceptors (Lipinski definition) is 5. The van der Waals surface area contributed by atoms with Crippen LogP contribution in [-0.4, -0.2) is 16.0 Å². The van der Waals surface area contributed by atoms with Crippen LogP contribution >= 0.6 is 11.8 Å². The van der Waals surface area contributed by atoms with E-state index < -0.39 is 4.92 Å². The first-order valence-corrected chi connectivity index (χ1v) is 9.29. The fourth-order valence-corrected chi connectivity index (χ4v) is 3.43. The standard InChI is InChI=1S/C20H19N3O3S/c1-12(2)15-6-4-14(5-7-15)11-18-19(24)22-20(27-18)21-17-9-8-16(23(25)26)10-13(17)3/h4-12H,1-3H3,(H,21,22,24)/b18-11+. The molecule has 138 valence electrons. The van der Waals surface area contributed by atoms with Gasteiger partial charge in [0.2, 0.25) is 0 Å². The van der Waals surface area contributed by atoms with Crippen molar-refractivity contribution in [2.45, 2.75) is 26.7 Å². The summed E-state index contributed by atoms with van der Waals surface area (Å²) in [5.74, 6) is 0.255. The van der Waals surface area contributed by atoms with E-state index in [0.717, 1.165) is 5.56 Å². The lowest BCUT2D eigenvalue weighted by atomic mass is 10.0. The number of aliphatic imine (C=N–C) groups is 1. The van der Waals surface area contributed by atoms with E-state index in [1.807, 2.05) is 18.2 Å². The minimum atomic E-state index is -0.443. The molecule has 1 aliphatic heterocycles. The first kappa shape index (κ1) is 18.8. The van der Waals surface area contributed by atoms with Crippen LogP contribution in [0.25, 0.3) is 6.08 Å². The molecule has 6 nitrogen and oxygen atoms in total. The Morgan fingerprint density at radius 3 is 2.48 bits per heavy atom. The van der Waals surface area contributed by atoms with Gasteiger partial charge in [-0.3, -0.25) is 14.9 Å². The molecule has 1 heterocycles. The van der Waals surface area contributed by atoms with Gasteiger partial charge in [0, 0.05) is 12.1 Å². The summed E-state index contributed by atoms with van der Waals surface area (Å²) >= 11 is 1.25. The Morgan fingerprint density at radius 1 is 1.19 bits per heavy atom. The molecule has 1 amide bonds. The number of amidine groups is 1. The second-order valence-electron chi connectivity index (χ2n) is 6.53. The summed E-state index contributed by atoms with van der Waals surface area (Å²) in [4.78, 5) is 27.6. The predicted molar refractivity (Wildman–Crippen MR) is 109 cm³/mol. The molecule has 0 atom stereocenters. The predicted octanol–water partition coefficient (Wildman–Crippen LogP) is 4.92. The monoisotopic (exact) mass is 381 g/mol. The lowest BCUT2D eigenvalue weighted by Crippen LogP contribution is -2.19. The van der Waals surface area contributed by atoms with Gasteiger partial charge in [-0.05, 0) is 53.4 Å².